The first-order valence-electron chi connectivity index (χ1n) is 7.23. The number of carbonyl (C=O) groups is 1. The minimum Gasteiger partial charge on any atom is -0.355 e. The molecule has 0 bridgehead atoms. The summed E-state index contributed by atoms with van der Waals surface area (Å²) in [6.45, 7) is 6.23. The Morgan fingerprint density at radius 1 is 1.43 bits per heavy atom. The number of nitrogens with one attached hydrogen (secondary N) is 2. The summed E-state index contributed by atoms with van der Waals surface area (Å²) in [5.74, 6) is -1.25. The van der Waals surface area contributed by atoms with E-state index in [4.69, 9.17) is 0 Å². The molecule has 1 aliphatic heterocycles. The number of carbonyl (C=O) groups excluding carboxylic acids is 1. The molecule has 1 aliphatic rings. The largest absolute Gasteiger partial charge is 0.355 e. The molecule has 2 unspecified atom stereocenters. The molecule has 0 radical (unpaired) electrons. The fraction of sp³-hybridized carbons (Fsp3) is 0.533. The molecule has 1 amide bonds. The quantitative estimate of drug-likeness (QED) is 0.884. The van der Waals surface area contributed by atoms with E-state index in [0.29, 0.717) is 25.2 Å². The molecular weight excluding hydrogens is 276 g/mol. The maximum atomic E-state index is 13.4. The SMILES string of the molecule is CCNC(=O)C1CNCCN1C(C)c1cc(F)cc(F)c1. The standard InChI is InChI=1S/C15H21F2N3O/c1-3-19-15(21)14-9-18-4-5-20(14)10(2)11-6-12(16)8-13(17)7-11/h6-8,10,14,18H,3-5,9H2,1-2H3,(H,19,21). The van der Waals surface area contributed by atoms with Gasteiger partial charge in [0, 0.05) is 38.3 Å². The normalized spacial score (nSPS) is 21.0. The van der Waals surface area contributed by atoms with E-state index >= 15 is 0 Å². The van der Waals surface area contributed by atoms with Gasteiger partial charge in [-0.15, -0.1) is 0 Å². The minimum atomic E-state index is -0.596. The summed E-state index contributed by atoms with van der Waals surface area (Å²) in [5, 5.41) is 5.99. The minimum absolute atomic E-state index is 0.0616. The van der Waals surface area contributed by atoms with Crippen molar-refractivity contribution in [3.8, 4) is 0 Å². The second kappa shape index (κ2) is 6.95. The van der Waals surface area contributed by atoms with Gasteiger partial charge in [-0.05, 0) is 31.5 Å². The van der Waals surface area contributed by atoms with Crippen LogP contribution in [0.4, 0.5) is 8.78 Å². The van der Waals surface area contributed by atoms with Crippen LogP contribution >= 0.6 is 0 Å². The van der Waals surface area contributed by atoms with E-state index < -0.39 is 11.6 Å². The number of benzene rings is 1. The number of rotatable bonds is 4. The number of amides is 1. The molecule has 0 spiro atoms. The first kappa shape index (κ1) is 15.9. The van der Waals surface area contributed by atoms with Crippen LogP contribution in [0, 0.1) is 11.6 Å². The van der Waals surface area contributed by atoms with E-state index in [9.17, 15) is 13.6 Å². The number of nitrogens with zero attached hydrogens (tertiary/aromatic N) is 1. The Kier molecular flexibility index (Phi) is 5.25. The summed E-state index contributed by atoms with van der Waals surface area (Å²) in [6.07, 6.45) is 0. The molecule has 0 saturated carbocycles. The van der Waals surface area contributed by atoms with Gasteiger partial charge in [-0.1, -0.05) is 0 Å². The van der Waals surface area contributed by atoms with E-state index in [-0.39, 0.29) is 18.0 Å². The molecule has 2 N–H and O–H groups in total. The topological polar surface area (TPSA) is 44.4 Å². The summed E-state index contributed by atoms with van der Waals surface area (Å²) in [7, 11) is 0. The van der Waals surface area contributed by atoms with Crippen LogP contribution in [0.5, 0.6) is 0 Å². The van der Waals surface area contributed by atoms with Crippen molar-refractivity contribution in [2.75, 3.05) is 26.2 Å². The average Bonchev–Trinajstić information content (AvgIpc) is 2.45. The third-order valence-corrected chi connectivity index (χ3v) is 3.80. The van der Waals surface area contributed by atoms with Crippen molar-refractivity contribution >= 4 is 5.91 Å². The van der Waals surface area contributed by atoms with Gasteiger partial charge in [0.05, 0.1) is 0 Å². The van der Waals surface area contributed by atoms with Gasteiger partial charge in [0.2, 0.25) is 5.91 Å². The molecule has 2 rings (SSSR count). The Hall–Kier alpha value is -1.53. The van der Waals surface area contributed by atoms with Crippen molar-refractivity contribution in [1.82, 2.24) is 15.5 Å². The summed E-state index contributed by atoms with van der Waals surface area (Å²) >= 11 is 0. The summed E-state index contributed by atoms with van der Waals surface area (Å²) in [4.78, 5) is 14.1. The molecule has 116 valence electrons. The van der Waals surface area contributed by atoms with E-state index in [2.05, 4.69) is 10.6 Å². The molecule has 1 aromatic carbocycles. The molecule has 6 heteroatoms. The van der Waals surface area contributed by atoms with Crippen LogP contribution < -0.4 is 10.6 Å². The van der Waals surface area contributed by atoms with E-state index in [1.165, 1.54) is 12.1 Å². The Labute approximate surface area is 123 Å². The molecule has 1 heterocycles. The lowest BCUT2D eigenvalue weighted by molar-refractivity contribution is -0.128. The number of halogens is 2. The molecular formula is C15H21F2N3O. The number of hydrogen-bond acceptors (Lipinski definition) is 3. The van der Waals surface area contributed by atoms with Gasteiger partial charge in [0.15, 0.2) is 0 Å². The van der Waals surface area contributed by atoms with Crippen LogP contribution in [0.3, 0.4) is 0 Å². The maximum absolute atomic E-state index is 13.4. The van der Waals surface area contributed by atoms with Crippen LogP contribution in [-0.2, 0) is 4.79 Å². The van der Waals surface area contributed by atoms with Crippen molar-refractivity contribution in [3.05, 3.63) is 35.4 Å². The highest BCUT2D eigenvalue weighted by Gasteiger charge is 2.32. The third kappa shape index (κ3) is 3.77. The molecule has 4 nitrogen and oxygen atoms in total. The number of likely N-dealkylation sites (N-methyl/N-ethyl adjacent to an activating group) is 1. The molecule has 21 heavy (non-hydrogen) atoms. The Morgan fingerprint density at radius 3 is 2.71 bits per heavy atom. The highest BCUT2D eigenvalue weighted by Crippen LogP contribution is 2.25. The molecule has 1 aromatic rings. The third-order valence-electron chi connectivity index (χ3n) is 3.80. The van der Waals surface area contributed by atoms with Crippen molar-refractivity contribution in [2.45, 2.75) is 25.9 Å². The molecule has 0 aliphatic carbocycles. The number of piperazine rings is 1. The van der Waals surface area contributed by atoms with Crippen molar-refractivity contribution in [1.29, 1.82) is 0 Å². The Bertz CT molecular complexity index is 489. The zero-order valence-corrected chi connectivity index (χ0v) is 12.3. The lowest BCUT2D eigenvalue weighted by Crippen LogP contribution is -2.58. The summed E-state index contributed by atoms with van der Waals surface area (Å²) < 4.78 is 26.8. The molecule has 1 fully saturated rings. The van der Waals surface area contributed by atoms with Gasteiger partial charge >= 0.3 is 0 Å². The van der Waals surface area contributed by atoms with Gasteiger partial charge in [0.25, 0.3) is 0 Å². The van der Waals surface area contributed by atoms with Crippen molar-refractivity contribution in [2.24, 2.45) is 0 Å². The predicted octanol–water partition coefficient (Wildman–Crippen LogP) is 1.44. The maximum Gasteiger partial charge on any atom is 0.238 e. The Balaban J connectivity index is 2.21. The highest BCUT2D eigenvalue weighted by atomic mass is 19.1. The molecule has 1 saturated heterocycles. The first-order valence-corrected chi connectivity index (χ1v) is 7.23. The van der Waals surface area contributed by atoms with Gasteiger partial charge in [-0.2, -0.15) is 0 Å². The second-order valence-electron chi connectivity index (χ2n) is 5.23. The summed E-state index contributed by atoms with van der Waals surface area (Å²) in [6, 6.07) is 2.94. The van der Waals surface area contributed by atoms with Crippen molar-refractivity contribution in [3.63, 3.8) is 0 Å². The van der Waals surface area contributed by atoms with Gasteiger partial charge in [-0.3, -0.25) is 9.69 Å². The molecule has 2 atom stereocenters. The smallest absolute Gasteiger partial charge is 0.238 e. The number of hydrogen-bond donors (Lipinski definition) is 2. The van der Waals surface area contributed by atoms with Gasteiger partial charge in [0.1, 0.15) is 17.7 Å². The zero-order chi connectivity index (χ0) is 15.4. The van der Waals surface area contributed by atoms with Crippen LogP contribution in [0.1, 0.15) is 25.5 Å². The van der Waals surface area contributed by atoms with Crippen LogP contribution in [0.15, 0.2) is 18.2 Å². The first-order chi connectivity index (χ1) is 10.0. The zero-order valence-electron chi connectivity index (χ0n) is 12.3. The van der Waals surface area contributed by atoms with Gasteiger partial charge < -0.3 is 10.6 Å². The van der Waals surface area contributed by atoms with E-state index in [0.717, 1.165) is 12.6 Å². The van der Waals surface area contributed by atoms with Crippen LogP contribution in [-0.4, -0.2) is 43.0 Å². The lowest BCUT2D eigenvalue weighted by atomic mass is 10.0. The molecule has 0 aromatic heterocycles. The fourth-order valence-corrected chi connectivity index (χ4v) is 2.73. The monoisotopic (exact) mass is 297 g/mol. The highest BCUT2D eigenvalue weighted by molar-refractivity contribution is 5.82. The van der Waals surface area contributed by atoms with Gasteiger partial charge in [-0.25, -0.2) is 8.78 Å². The van der Waals surface area contributed by atoms with Crippen LogP contribution in [0.25, 0.3) is 0 Å². The Morgan fingerprint density at radius 2 is 2.10 bits per heavy atom. The van der Waals surface area contributed by atoms with E-state index in [1.54, 1.807) is 0 Å². The average molecular weight is 297 g/mol. The van der Waals surface area contributed by atoms with E-state index in [1.807, 2.05) is 18.7 Å². The summed E-state index contributed by atoms with van der Waals surface area (Å²) in [5.41, 5.74) is 0.545. The van der Waals surface area contributed by atoms with Crippen LogP contribution in [0.2, 0.25) is 0 Å². The predicted molar refractivity (Wildman–Crippen MR) is 76.8 cm³/mol. The van der Waals surface area contributed by atoms with Crippen molar-refractivity contribution < 1.29 is 13.6 Å². The lowest BCUT2D eigenvalue weighted by Gasteiger charge is -2.39. The second-order valence-corrected chi connectivity index (χ2v) is 5.23. The fourth-order valence-electron chi connectivity index (χ4n) is 2.73.